The largest absolute Gasteiger partial charge is 0.465 e. The zero-order valence-corrected chi connectivity index (χ0v) is 30.0. The SMILES string of the molecule is O=C(OCCC(F)(F)C(F)(F)C(F)(F)C(F)(F)C(F)(F)C(F)(F)C(F)(F)C(F)(F)F)C1C=CCCC1C(=O)OCCC(F)(F)C(F)(F)C(F)(F)C(F)(F)C(F)(F)C(F)(F)C(F)(F)C(F)(F)F. The lowest BCUT2D eigenvalue weighted by atomic mass is 9.84. The number of carbonyl (C=O) groups is 2. The van der Waals surface area contributed by atoms with Crippen LogP contribution < -0.4 is 0 Å². The molecule has 1 aliphatic rings. The number of rotatable bonds is 20. The van der Waals surface area contributed by atoms with Gasteiger partial charge in [-0.3, -0.25) is 9.59 Å². The fourth-order valence-corrected chi connectivity index (χ4v) is 4.81. The fourth-order valence-electron chi connectivity index (χ4n) is 4.81. The Kier molecular flexibility index (Phi) is 15.6. The van der Waals surface area contributed by atoms with Gasteiger partial charge in [0.1, 0.15) is 0 Å². The highest BCUT2D eigenvalue weighted by Crippen LogP contribution is 2.66. The molecule has 2 unspecified atom stereocenters. The Hall–Kier alpha value is -3.70. The predicted octanol–water partition coefficient (Wildman–Crippen LogP) is 12.5. The minimum atomic E-state index is -8.99. The second-order valence-electron chi connectivity index (χ2n) is 13.3. The van der Waals surface area contributed by atoms with E-state index < -0.39 is 158 Å². The molecule has 0 saturated heterocycles. The molecular formula is C28H16F34O4. The van der Waals surface area contributed by atoms with Gasteiger partial charge in [-0.05, 0) is 12.8 Å². The van der Waals surface area contributed by atoms with E-state index >= 15 is 0 Å². The van der Waals surface area contributed by atoms with E-state index in [2.05, 4.69) is 9.47 Å². The number of allylic oxidation sites excluding steroid dienone is 1. The second kappa shape index (κ2) is 17.1. The molecule has 0 aromatic heterocycles. The van der Waals surface area contributed by atoms with Crippen LogP contribution in [-0.2, 0) is 19.1 Å². The molecule has 0 saturated carbocycles. The van der Waals surface area contributed by atoms with E-state index in [0.717, 1.165) is 6.08 Å². The number of carbonyl (C=O) groups excluding carboxylic acids is 2. The van der Waals surface area contributed by atoms with Gasteiger partial charge in [-0.1, -0.05) is 12.2 Å². The molecule has 4 nitrogen and oxygen atoms in total. The zero-order valence-electron chi connectivity index (χ0n) is 30.0. The van der Waals surface area contributed by atoms with Crippen LogP contribution in [0.4, 0.5) is 149 Å². The molecule has 0 amide bonds. The molecule has 1 aliphatic carbocycles. The van der Waals surface area contributed by atoms with E-state index in [-0.39, 0.29) is 0 Å². The van der Waals surface area contributed by atoms with Crippen molar-refractivity contribution >= 4 is 11.9 Å². The van der Waals surface area contributed by atoms with Crippen LogP contribution in [0.2, 0.25) is 0 Å². The van der Waals surface area contributed by atoms with Gasteiger partial charge in [0.05, 0.1) is 37.9 Å². The Labute approximate surface area is 339 Å². The normalized spacial score (nSPS) is 19.2. The van der Waals surface area contributed by atoms with Crippen molar-refractivity contribution in [3.8, 4) is 0 Å². The summed E-state index contributed by atoms with van der Waals surface area (Å²) in [6.45, 7) is -5.23. The molecule has 0 aliphatic heterocycles. The summed E-state index contributed by atoms with van der Waals surface area (Å²) < 4.78 is 464. The predicted molar refractivity (Wildman–Crippen MR) is 138 cm³/mol. The Morgan fingerprint density at radius 1 is 0.364 bits per heavy atom. The summed E-state index contributed by atoms with van der Waals surface area (Å²) in [5.74, 6) is -128. The van der Waals surface area contributed by atoms with Gasteiger partial charge < -0.3 is 9.47 Å². The average Bonchev–Trinajstić information content (AvgIpc) is 3.12. The number of halogens is 34. The lowest BCUT2D eigenvalue weighted by molar-refractivity contribution is -0.461. The molecule has 0 aromatic rings. The molecule has 0 bridgehead atoms. The van der Waals surface area contributed by atoms with Crippen molar-refractivity contribution in [1.82, 2.24) is 0 Å². The first-order valence-corrected chi connectivity index (χ1v) is 15.9. The highest BCUT2D eigenvalue weighted by atomic mass is 19.4. The van der Waals surface area contributed by atoms with Crippen molar-refractivity contribution in [2.75, 3.05) is 13.2 Å². The maximum absolute atomic E-state index is 14.1. The zero-order chi connectivity index (χ0) is 53.4. The monoisotopic (exact) mass is 1060 g/mol. The molecule has 66 heavy (non-hydrogen) atoms. The van der Waals surface area contributed by atoms with E-state index in [0.29, 0.717) is 6.08 Å². The quantitative estimate of drug-likeness (QED) is 0.0693. The van der Waals surface area contributed by atoms with Gasteiger partial charge >= 0.3 is 107 Å². The van der Waals surface area contributed by atoms with Crippen LogP contribution in [0.25, 0.3) is 0 Å². The van der Waals surface area contributed by atoms with Crippen molar-refractivity contribution < 1.29 is 168 Å². The molecule has 2 atom stereocenters. The number of hydrogen-bond acceptors (Lipinski definition) is 4. The lowest BCUT2D eigenvalue weighted by Gasteiger charge is -2.42. The van der Waals surface area contributed by atoms with Gasteiger partial charge in [0.2, 0.25) is 0 Å². The first kappa shape index (κ1) is 60.3. The molecule has 38 heteroatoms. The number of ether oxygens (including phenoxy) is 2. The third-order valence-electron chi connectivity index (χ3n) is 8.89. The van der Waals surface area contributed by atoms with Crippen LogP contribution in [0.15, 0.2) is 12.2 Å². The molecular weight excluding hydrogens is 1050 g/mol. The Morgan fingerprint density at radius 3 is 0.879 bits per heavy atom. The highest BCUT2D eigenvalue weighted by molar-refractivity contribution is 5.84. The Morgan fingerprint density at radius 2 is 0.606 bits per heavy atom. The van der Waals surface area contributed by atoms with Gasteiger partial charge in [-0.25, -0.2) is 0 Å². The van der Waals surface area contributed by atoms with Gasteiger partial charge in [0.15, 0.2) is 0 Å². The van der Waals surface area contributed by atoms with Gasteiger partial charge in [-0.15, -0.1) is 0 Å². The first-order valence-electron chi connectivity index (χ1n) is 15.9. The summed E-state index contributed by atoms with van der Waals surface area (Å²) in [5.41, 5.74) is 0. The van der Waals surface area contributed by atoms with Crippen LogP contribution in [0, 0.1) is 11.8 Å². The van der Waals surface area contributed by atoms with Crippen LogP contribution in [0.3, 0.4) is 0 Å². The summed E-state index contributed by atoms with van der Waals surface area (Å²) in [7, 11) is 0. The van der Waals surface area contributed by atoms with Gasteiger partial charge in [0.25, 0.3) is 0 Å². The third-order valence-corrected chi connectivity index (χ3v) is 8.89. The number of hydrogen-bond donors (Lipinski definition) is 0. The minimum Gasteiger partial charge on any atom is -0.465 e. The molecule has 1 rings (SSSR count). The van der Waals surface area contributed by atoms with Crippen molar-refractivity contribution in [3.05, 3.63) is 12.2 Å². The van der Waals surface area contributed by atoms with E-state index in [1.165, 1.54) is 0 Å². The van der Waals surface area contributed by atoms with Crippen molar-refractivity contribution in [2.24, 2.45) is 11.8 Å². The molecule has 0 heterocycles. The van der Waals surface area contributed by atoms with E-state index in [4.69, 9.17) is 0 Å². The van der Waals surface area contributed by atoms with Crippen molar-refractivity contribution in [2.45, 2.75) is 121 Å². The van der Waals surface area contributed by atoms with E-state index in [9.17, 15) is 159 Å². The van der Waals surface area contributed by atoms with E-state index in [1.54, 1.807) is 0 Å². The lowest BCUT2D eigenvalue weighted by Crippen LogP contribution is -2.74. The van der Waals surface area contributed by atoms with Gasteiger partial charge in [0, 0.05) is 0 Å². The standard InChI is InChI=1S/C28H16F34O4/c29-13(30,15(33,34)17(37,38)19(41,42)21(45,46)23(49,50)25(53,54)27(57,58)59)5-7-65-11(63)9-3-1-2-4-10(9)12(64)66-8-6-14(31,32)16(35,36)18(39,40)20(43,44)22(47,48)24(51,52)26(55,56)28(60,61)62/h1,3,9-10H,2,4-8H2. The van der Waals surface area contributed by atoms with Gasteiger partial charge in [-0.2, -0.15) is 149 Å². The van der Waals surface area contributed by atoms with Crippen molar-refractivity contribution in [1.29, 1.82) is 0 Å². The molecule has 390 valence electrons. The molecule has 0 N–H and O–H groups in total. The van der Waals surface area contributed by atoms with Crippen LogP contribution >= 0.6 is 0 Å². The number of esters is 2. The van der Waals surface area contributed by atoms with Crippen molar-refractivity contribution in [3.63, 3.8) is 0 Å². The van der Waals surface area contributed by atoms with Crippen LogP contribution in [0.1, 0.15) is 25.7 Å². The van der Waals surface area contributed by atoms with Crippen LogP contribution in [-0.4, -0.2) is 120 Å². The molecule has 0 spiro atoms. The molecule has 0 fully saturated rings. The minimum absolute atomic E-state index is 0.335. The average molecular weight is 1060 g/mol. The highest BCUT2D eigenvalue weighted by Gasteiger charge is 2.97. The molecule has 0 aromatic carbocycles. The third kappa shape index (κ3) is 8.79. The summed E-state index contributed by atoms with van der Waals surface area (Å²) in [4.78, 5) is 24.7. The summed E-state index contributed by atoms with van der Waals surface area (Å²) >= 11 is 0. The second-order valence-corrected chi connectivity index (χ2v) is 13.3. The maximum atomic E-state index is 14.1. The van der Waals surface area contributed by atoms with E-state index in [1.807, 2.05) is 0 Å². The fraction of sp³-hybridized carbons (Fsp3) is 0.857. The smallest absolute Gasteiger partial charge is 0.460 e. The topological polar surface area (TPSA) is 52.6 Å². The Balaban J connectivity index is 3.26. The number of alkyl halides is 34. The first-order chi connectivity index (χ1) is 28.5. The summed E-state index contributed by atoms with van der Waals surface area (Å²) in [6.07, 6.45) is -23.3. The maximum Gasteiger partial charge on any atom is 0.460 e. The molecule has 0 radical (unpaired) electrons. The Bertz CT molecular complexity index is 1770. The van der Waals surface area contributed by atoms with Crippen LogP contribution in [0.5, 0.6) is 0 Å². The summed E-state index contributed by atoms with van der Waals surface area (Å²) in [6, 6.07) is 0. The summed E-state index contributed by atoms with van der Waals surface area (Å²) in [5, 5.41) is 0.